The van der Waals surface area contributed by atoms with E-state index in [4.69, 9.17) is 16.3 Å². The largest absolute Gasteiger partial charge is 0.385 e. The maximum atomic E-state index is 11.8. The first-order valence-electron chi connectivity index (χ1n) is 5.56. The van der Waals surface area contributed by atoms with Crippen molar-refractivity contribution >= 4 is 28.9 Å². The van der Waals surface area contributed by atoms with Gasteiger partial charge in [-0.2, -0.15) is 0 Å². The van der Waals surface area contributed by atoms with Crippen molar-refractivity contribution in [1.29, 1.82) is 0 Å². The van der Waals surface area contributed by atoms with Crippen LogP contribution < -0.4 is 10.6 Å². The Morgan fingerprint density at radius 2 is 2.24 bits per heavy atom. The van der Waals surface area contributed by atoms with Gasteiger partial charge in [0.2, 0.25) is 5.91 Å². The Balaban J connectivity index is 2.06. The molecule has 2 rings (SSSR count). The number of nitrogens with one attached hydrogen (secondary N) is 2. The number of amides is 1. The molecule has 0 bridgehead atoms. The van der Waals surface area contributed by atoms with Crippen molar-refractivity contribution in [2.75, 3.05) is 24.4 Å². The first-order chi connectivity index (χ1) is 8.20. The summed E-state index contributed by atoms with van der Waals surface area (Å²) in [6.45, 7) is 0.661. The third-order valence-electron chi connectivity index (χ3n) is 2.73. The van der Waals surface area contributed by atoms with Crippen LogP contribution in [0.15, 0.2) is 18.2 Å². The van der Waals surface area contributed by atoms with Gasteiger partial charge < -0.3 is 15.4 Å². The Hall–Kier alpha value is -1.26. The Morgan fingerprint density at radius 3 is 3.00 bits per heavy atom. The number of hydrogen-bond donors (Lipinski definition) is 2. The molecule has 0 aliphatic carbocycles. The van der Waals surface area contributed by atoms with Crippen LogP contribution in [-0.2, 0) is 9.53 Å². The van der Waals surface area contributed by atoms with Crippen LogP contribution in [0.4, 0.5) is 11.4 Å². The van der Waals surface area contributed by atoms with Gasteiger partial charge in [-0.15, -0.1) is 0 Å². The van der Waals surface area contributed by atoms with E-state index in [0.29, 0.717) is 11.6 Å². The summed E-state index contributed by atoms with van der Waals surface area (Å²) in [4.78, 5) is 11.8. The third-order valence-corrected chi connectivity index (χ3v) is 2.96. The molecule has 0 fully saturated rings. The summed E-state index contributed by atoms with van der Waals surface area (Å²) in [5.74, 6) is -0.00377. The molecule has 4 nitrogen and oxygen atoms in total. The average Bonchev–Trinajstić information content (AvgIpc) is 2.31. The lowest BCUT2D eigenvalue weighted by molar-refractivity contribution is -0.117. The van der Waals surface area contributed by atoms with Crippen LogP contribution in [0.2, 0.25) is 5.02 Å². The second-order valence-electron chi connectivity index (χ2n) is 4.01. The van der Waals surface area contributed by atoms with Crippen LogP contribution in [0.1, 0.15) is 12.8 Å². The number of carbonyl (C=O) groups is 1. The van der Waals surface area contributed by atoms with Gasteiger partial charge in [0.1, 0.15) is 6.04 Å². The monoisotopic (exact) mass is 254 g/mol. The summed E-state index contributed by atoms with van der Waals surface area (Å²) in [5, 5.41) is 6.71. The summed E-state index contributed by atoms with van der Waals surface area (Å²) in [6, 6.07) is 5.16. The molecule has 1 atom stereocenters. The fourth-order valence-corrected chi connectivity index (χ4v) is 2.03. The lowest BCUT2D eigenvalue weighted by Crippen LogP contribution is -2.38. The van der Waals surface area contributed by atoms with Crippen LogP contribution in [0, 0.1) is 0 Å². The number of hydrogen-bond acceptors (Lipinski definition) is 3. The molecule has 0 radical (unpaired) electrons. The van der Waals surface area contributed by atoms with E-state index in [-0.39, 0.29) is 11.9 Å². The zero-order valence-corrected chi connectivity index (χ0v) is 10.4. The van der Waals surface area contributed by atoms with E-state index < -0.39 is 0 Å². The minimum atomic E-state index is -0.212. The number of halogens is 1. The highest BCUT2D eigenvalue weighted by atomic mass is 35.5. The van der Waals surface area contributed by atoms with Crippen molar-refractivity contribution in [2.24, 2.45) is 0 Å². The second-order valence-corrected chi connectivity index (χ2v) is 4.45. The highest BCUT2D eigenvalue weighted by Crippen LogP contribution is 2.30. The first-order valence-corrected chi connectivity index (χ1v) is 5.94. The summed E-state index contributed by atoms with van der Waals surface area (Å²) >= 11 is 5.91. The standard InChI is InChI=1S/C12H15ClN2O2/c1-17-6-2-3-10-12(16)15-9-5-4-8(13)7-11(9)14-10/h4-5,7,10,14H,2-3,6H2,1H3,(H,15,16). The van der Waals surface area contributed by atoms with Gasteiger partial charge in [0.25, 0.3) is 0 Å². The molecule has 2 N–H and O–H groups in total. The zero-order chi connectivity index (χ0) is 12.3. The van der Waals surface area contributed by atoms with E-state index >= 15 is 0 Å². The van der Waals surface area contributed by atoms with Crippen LogP contribution in [0.3, 0.4) is 0 Å². The Labute approximate surface area is 105 Å². The van der Waals surface area contributed by atoms with E-state index in [1.54, 1.807) is 19.2 Å². The lowest BCUT2D eigenvalue weighted by atomic mass is 10.1. The molecule has 0 aromatic heterocycles. The SMILES string of the molecule is COCCCC1Nc2cc(Cl)ccc2NC1=O. The minimum Gasteiger partial charge on any atom is -0.385 e. The third kappa shape index (κ3) is 2.90. The van der Waals surface area contributed by atoms with Crippen LogP contribution >= 0.6 is 11.6 Å². The molecule has 0 spiro atoms. The van der Waals surface area contributed by atoms with Gasteiger partial charge in [0, 0.05) is 18.7 Å². The highest BCUT2D eigenvalue weighted by Gasteiger charge is 2.24. The smallest absolute Gasteiger partial charge is 0.246 e. The maximum absolute atomic E-state index is 11.8. The van der Waals surface area contributed by atoms with Gasteiger partial charge in [-0.3, -0.25) is 4.79 Å². The van der Waals surface area contributed by atoms with Crippen LogP contribution in [0.5, 0.6) is 0 Å². The number of anilines is 2. The number of methoxy groups -OCH3 is 1. The summed E-state index contributed by atoms with van der Waals surface area (Å²) in [6.07, 6.45) is 1.59. The highest BCUT2D eigenvalue weighted by molar-refractivity contribution is 6.31. The van der Waals surface area contributed by atoms with Gasteiger partial charge in [-0.1, -0.05) is 11.6 Å². The lowest BCUT2D eigenvalue weighted by Gasteiger charge is -2.26. The summed E-state index contributed by atoms with van der Waals surface area (Å²) in [5.41, 5.74) is 1.65. The molecule has 0 saturated heterocycles. The molecule has 92 valence electrons. The van der Waals surface area contributed by atoms with E-state index in [1.165, 1.54) is 0 Å². The van der Waals surface area contributed by atoms with Gasteiger partial charge in [0.15, 0.2) is 0 Å². The molecule has 1 aromatic rings. The number of ether oxygens (including phenoxy) is 1. The van der Waals surface area contributed by atoms with Crippen molar-refractivity contribution in [2.45, 2.75) is 18.9 Å². The predicted octanol–water partition coefficient (Wildman–Crippen LogP) is 2.50. The van der Waals surface area contributed by atoms with E-state index in [2.05, 4.69) is 10.6 Å². The van der Waals surface area contributed by atoms with Gasteiger partial charge in [-0.25, -0.2) is 0 Å². The molecule has 1 amide bonds. The molecule has 1 aromatic carbocycles. The van der Waals surface area contributed by atoms with Crippen molar-refractivity contribution in [3.63, 3.8) is 0 Å². The van der Waals surface area contributed by atoms with Crippen molar-refractivity contribution in [3.05, 3.63) is 23.2 Å². The van der Waals surface area contributed by atoms with Gasteiger partial charge >= 0.3 is 0 Å². The molecule has 1 aliphatic heterocycles. The van der Waals surface area contributed by atoms with E-state index in [0.717, 1.165) is 24.2 Å². The Kier molecular flexibility index (Phi) is 3.86. The molecule has 1 unspecified atom stereocenters. The van der Waals surface area contributed by atoms with Crippen LogP contribution in [0.25, 0.3) is 0 Å². The molecular formula is C12H15ClN2O2. The number of carbonyl (C=O) groups excluding carboxylic acids is 1. The van der Waals surface area contributed by atoms with E-state index in [9.17, 15) is 4.79 Å². The Bertz CT molecular complexity index is 423. The molecular weight excluding hydrogens is 240 g/mol. The second kappa shape index (κ2) is 5.38. The minimum absolute atomic E-state index is 0.00377. The topological polar surface area (TPSA) is 50.4 Å². The fourth-order valence-electron chi connectivity index (χ4n) is 1.85. The van der Waals surface area contributed by atoms with Crippen molar-refractivity contribution in [1.82, 2.24) is 0 Å². The fraction of sp³-hybridized carbons (Fsp3) is 0.417. The number of benzene rings is 1. The normalized spacial score (nSPS) is 18.2. The van der Waals surface area contributed by atoms with Gasteiger partial charge in [-0.05, 0) is 31.0 Å². The number of fused-ring (bicyclic) bond motifs is 1. The average molecular weight is 255 g/mol. The zero-order valence-electron chi connectivity index (χ0n) is 9.63. The molecule has 17 heavy (non-hydrogen) atoms. The quantitative estimate of drug-likeness (QED) is 0.812. The van der Waals surface area contributed by atoms with Gasteiger partial charge in [0.05, 0.1) is 11.4 Å². The summed E-state index contributed by atoms with van der Waals surface area (Å²) < 4.78 is 4.98. The molecule has 5 heteroatoms. The predicted molar refractivity (Wildman–Crippen MR) is 68.6 cm³/mol. The number of rotatable bonds is 4. The van der Waals surface area contributed by atoms with E-state index in [1.807, 2.05) is 6.07 Å². The van der Waals surface area contributed by atoms with Crippen LogP contribution in [-0.4, -0.2) is 25.7 Å². The van der Waals surface area contributed by atoms with Crippen molar-refractivity contribution < 1.29 is 9.53 Å². The summed E-state index contributed by atoms with van der Waals surface area (Å²) in [7, 11) is 1.66. The van der Waals surface area contributed by atoms with Crippen molar-refractivity contribution in [3.8, 4) is 0 Å². The molecule has 1 aliphatic rings. The molecule has 1 heterocycles. The maximum Gasteiger partial charge on any atom is 0.246 e. The Morgan fingerprint density at radius 1 is 1.41 bits per heavy atom. The molecule has 0 saturated carbocycles. The first kappa shape index (κ1) is 12.2.